The van der Waals surface area contributed by atoms with Gasteiger partial charge in [-0.15, -0.1) is 0 Å². The van der Waals surface area contributed by atoms with Gasteiger partial charge < -0.3 is 49.8 Å². The summed E-state index contributed by atoms with van der Waals surface area (Å²) in [5.74, 6) is -2.06. The number of Topliss-reactive ketones (excluding diaryl/α,β-unsaturated/α-hetero) is 2. The van der Waals surface area contributed by atoms with E-state index in [1.54, 1.807) is 39.2 Å². The van der Waals surface area contributed by atoms with Crippen molar-refractivity contribution in [3.05, 3.63) is 96.1 Å². The SMILES string of the molecule is C/C=C/C=C\C(OC(=O)C(NC)C(C)CC)OC(=O)C(NC(=O)CCCCCCCCC(C)=O)C(C)CC.CNC(Cc1ccccc1)C(=O)OCCCCCCOC(=O)C(Cc1ccccc1)NC(=O)CCCCC(C)=O. The monoisotopic (exact) mass is 1090 g/mol. The number of esters is 4. The molecule has 78 heavy (non-hydrogen) atoms. The van der Waals surface area contributed by atoms with Gasteiger partial charge in [-0.25, -0.2) is 9.59 Å². The van der Waals surface area contributed by atoms with Crippen molar-refractivity contribution in [1.29, 1.82) is 0 Å². The van der Waals surface area contributed by atoms with E-state index in [0.29, 0.717) is 64.4 Å². The largest absolute Gasteiger partial charge is 0.465 e. The van der Waals surface area contributed by atoms with Crippen molar-refractivity contribution in [2.45, 2.75) is 207 Å². The molecule has 0 aliphatic heterocycles. The number of hydrogen-bond donors (Lipinski definition) is 4. The predicted octanol–water partition coefficient (Wildman–Crippen LogP) is 9.75. The zero-order chi connectivity index (χ0) is 57.9. The molecule has 0 saturated heterocycles. The number of ketones is 2. The van der Waals surface area contributed by atoms with Gasteiger partial charge in [0, 0.05) is 32.1 Å². The molecule has 4 N–H and O–H groups in total. The second kappa shape index (κ2) is 43.9. The summed E-state index contributed by atoms with van der Waals surface area (Å²) >= 11 is 0. The first kappa shape index (κ1) is 70.0. The van der Waals surface area contributed by atoms with Crippen molar-refractivity contribution in [2.75, 3.05) is 27.3 Å². The van der Waals surface area contributed by atoms with E-state index < -0.39 is 42.3 Å². The Labute approximate surface area is 466 Å². The van der Waals surface area contributed by atoms with Gasteiger partial charge in [-0.05, 0) is 122 Å². The fraction of sp³-hybridized carbons (Fsp3) is 0.613. The number of nitrogens with one attached hydrogen (secondary N) is 4. The van der Waals surface area contributed by atoms with Gasteiger partial charge in [0.1, 0.15) is 35.7 Å². The van der Waals surface area contributed by atoms with Crippen LogP contribution in [0.25, 0.3) is 0 Å². The first-order valence-corrected chi connectivity index (χ1v) is 28.5. The number of benzene rings is 2. The van der Waals surface area contributed by atoms with Gasteiger partial charge in [-0.2, -0.15) is 0 Å². The summed E-state index contributed by atoms with van der Waals surface area (Å²) in [6.45, 7) is 13.4. The van der Waals surface area contributed by atoms with Crippen LogP contribution >= 0.6 is 0 Å². The van der Waals surface area contributed by atoms with Crippen LogP contribution in [0.15, 0.2) is 85.0 Å². The Morgan fingerprint density at radius 3 is 1.37 bits per heavy atom. The quantitative estimate of drug-likeness (QED) is 0.0160. The fourth-order valence-electron chi connectivity index (χ4n) is 8.12. The summed E-state index contributed by atoms with van der Waals surface area (Å²) in [5, 5.41) is 11.6. The maximum absolute atomic E-state index is 13.1. The Balaban J connectivity index is 0.000000782. The molecule has 0 heterocycles. The Morgan fingerprint density at radius 2 is 0.897 bits per heavy atom. The molecule has 0 spiro atoms. The lowest BCUT2D eigenvalue weighted by Gasteiger charge is -2.26. The smallest absolute Gasteiger partial charge is 0.332 e. The highest BCUT2D eigenvalue weighted by molar-refractivity contribution is 5.86. The molecule has 0 aliphatic rings. The van der Waals surface area contributed by atoms with Crippen molar-refractivity contribution in [3.8, 4) is 0 Å². The molecule has 0 aromatic heterocycles. The molecule has 2 aromatic carbocycles. The number of amides is 2. The minimum atomic E-state index is -1.21. The summed E-state index contributed by atoms with van der Waals surface area (Å²) in [5.41, 5.74) is 2.00. The standard InChI is InChI=1S/C32H44N2O6.C30H52N2O6/c1-25(35)15-11-12-20-30(36)34-29(24-27-18-9-6-10-19-27)32(38)40-22-14-4-3-13-21-39-31(37)28(33-2)23-26-16-7-5-8-17-26;1-8-11-16-21-26(37-29(35)27(31-7)22(4)9-2)38-30(36)28(23(5)10-3)32-25(34)20-18-15-13-12-14-17-19-24(6)33/h5-10,16-19,28-29,33H,3-4,11-15,20-24H2,1-2H3,(H,34,36);8,11,16,21-23,26-28,31H,9-10,12-15,17-20H2,1-7H3,(H,32,34)/b;11-8+,21-16-. The highest BCUT2D eigenvalue weighted by atomic mass is 16.7. The van der Waals surface area contributed by atoms with E-state index >= 15 is 0 Å². The molecule has 2 amide bonds. The van der Waals surface area contributed by atoms with Crippen molar-refractivity contribution >= 4 is 47.3 Å². The minimum absolute atomic E-state index is 0.0380. The van der Waals surface area contributed by atoms with Gasteiger partial charge in [-0.1, -0.05) is 145 Å². The highest BCUT2D eigenvalue weighted by Crippen LogP contribution is 2.17. The second-order valence-corrected chi connectivity index (χ2v) is 20.1. The molecule has 16 nitrogen and oxygen atoms in total. The summed E-state index contributed by atoms with van der Waals surface area (Å²) in [6, 6.07) is 16.8. The van der Waals surface area contributed by atoms with E-state index in [9.17, 15) is 38.4 Å². The van der Waals surface area contributed by atoms with Gasteiger partial charge in [0.15, 0.2) is 0 Å². The molecule has 0 saturated carbocycles. The summed E-state index contributed by atoms with van der Waals surface area (Å²) in [6.07, 6.45) is 19.5. The van der Waals surface area contributed by atoms with Crippen molar-refractivity contribution in [1.82, 2.24) is 21.3 Å². The first-order valence-electron chi connectivity index (χ1n) is 28.5. The van der Waals surface area contributed by atoms with Crippen LogP contribution in [0.5, 0.6) is 0 Å². The molecule has 2 rings (SSSR count). The molecular formula is C62H96N4O12. The number of carbonyl (C=O) groups is 8. The Kier molecular flexibility index (Phi) is 39.4. The Hall–Kier alpha value is -6.00. The fourth-order valence-corrected chi connectivity index (χ4v) is 8.12. The molecule has 436 valence electrons. The maximum atomic E-state index is 13.1. The van der Waals surface area contributed by atoms with Gasteiger partial charge in [0.2, 0.25) is 11.8 Å². The molecule has 2 aromatic rings. The van der Waals surface area contributed by atoms with Crippen molar-refractivity contribution in [3.63, 3.8) is 0 Å². The third kappa shape index (κ3) is 33.3. The summed E-state index contributed by atoms with van der Waals surface area (Å²) in [4.78, 5) is 98.2. The molecule has 7 atom stereocenters. The van der Waals surface area contributed by atoms with Gasteiger partial charge in [-0.3, -0.25) is 19.2 Å². The van der Waals surface area contributed by atoms with Crippen LogP contribution in [-0.4, -0.2) is 105 Å². The lowest BCUT2D eigenvalue weighted by Crippen LogP contribution is -2.48. The average molecular weight is 1090 g/mol. The number of unbranched alkanes of at least 4 members (excludes halogenated alkanes) is 9. The minimum Gasteiger partial charge on any atom is -0.465 e. The van der Waals surface area contributed by atoms with E-state index in [2.05, 4.69) is 21.3 Å². The third-order valence-corrected chi connectivity index (χ3v) is 13.3. The lowest BCUT2D eigenvalue weighted by atomic mass is 9.98. The number of rotatable bonds is 41. The number of likely N-dealkylation sites (N-methyl/N-ethyl adjacent to an activating group) is 2. The zero-order valence-electron chi connectivity index (χ0n) is 48.6. The van der Waals surface area contributed by atoms with E-state index in [0.717, 1.165) is 75.3 Å². The molecule has 7 unspecified atom stereocenters. The molecular weight excluding hydrogens is 993 g/mol. The van der Waals surface area contributed by atoms with E-state index in [1.165, 1.54) is 13.0 Å². The van der Waals surface area contributed by atoms with Crippen LogP contribution < -0.4 is 21.3 Å². The van der Waals surface area contributed by atoms with Crippen LogP contribution in [0.2, 0.25) is 0 Å². The Bertz CT molecular complexity index is 2080. The van der Waals surface area contributed by atoms with Gasteiger partial charge in [0.25, 0.3) is 6.29 Å². The van der Waals surface area contributed by atoms with Crippen LogP contribution in [0.1, 0.15) is 175 Å². The van der Waals surface area contributed by atoms with Crippen LogP contribution in [-0.2, 0) is 70.1 Å². The highest BCUT2D eigenvalue weighted by Gasteiger charge is 2.32. The van der Waals surface area contributed by atoms with E-state index in [4.69, 9.17) is 18.9 Å². The number of ether oxygens (including phenoxy) is 4. The van der Waals surface area contributed by atoms with Crippen LogP contribution in [0, 0.1) is 11.8 Å². The second-order valence-electron chi connectivity index (χ2n) is 20.1. The number of hydrogen-bond acceptors (Lipinski definition) is 14. The number of carbonyl (C=O) groups excluding carboxylic acids is 8. The number of allylic oxidation sites excluding steroid dienone is 3. The van der Waals surface area contributed by atoms with E-state index in [-0.39, 0.29) is 60.3 Å². The molecule has 16 heteroatoms. The zero-order valence-corrected chi connectivity index (χ0v) is 48.6. The van der Waals surface area contributed by atoms with Crippen molar-refractivity contribution < 1.29 is 57.3 Å². The first-order chi connectivity index (χ1) is 37.5. The normalized spacial score (nSPS) is 13.9. The van der Waals surface area contributed by atoms with Gasteiger partial charge in [0.05, 0.1) is 13.2 Å². The lowest BCUT2D eigenvalue weighted by molar-refractivity contribution is -0.184. The van der Waals surface area contributed by atoms with Crippen molar-refractivity contribution in [2.24, 2.45) is 11.8 Å². The maximum Gasteiger partial charge on any atom is 0.332 e. The molecule has 0 fully saturated rings. The summed E-state index contributed by atoms with van der Waals surface area (Å²) < 4.78 is 22.1. The molecule has 0 bridgehead atoms. The predicted molar refractivity (Wildman–Crippen MR) is 306 cm³/mol. The molecule has 0 radical (unpaired) electrons. The van der Waals surface area contributed by atoms with E-state index in [1.807, 2.05) is 95.3 Å². The third-order valence-electron chi connectivity index (χ3n) is 13.3. The van der Waals surface area contributed by atoms with Crippen LogP contribution in [0.3, 0.4) is 0 Å². The van der Waals surface area contributed by atoms with Gasteiger partial charge >= 0.3 is 23.9 Å². The van der Waals surface area contributed by atoms with Crippen LogP contribution in [0.4, 0.5) is 0 Å². The summed E-state index contributed by atoms with van der Waals surface area (Å²) in [7, 11) is 3.45. The Morgan fingerprint density at radius 1 is 0.487 bits per heavy atom. The molecule has 0 aliphatic carbocycles. The average Bonchev–Trinajstić information content (AvgIpc) is 3.42. The topological polar surface area (TPSA) is 222 Å².